The van der Waals surface area contributed by atoms with Gasteiger partial charge in [0.2, 0.25) is 0 Å². The summed E-state index contributed by atoms with van der Waals surface area (Å²) in [4.78, 5) is 17.9. The number of carboxylic acid groups (broad SMARTS) is 2. The largest absolute Gasteiger partial charge is 2.00 e. The Hall–Kier alpha value is -0.701. The van der Waals surface area contributed by atoms with Crippen LogP contribution in [-0.4, -0.2) is 28.4 Å². The van der Waals surface area contributed by atoms with E-state index in [0.717, 1.165) is 0 Å². The first-order valence-electron chi connectivity index (χ1n) is 1.07. The average molecular weight is 216 g/mol. The zero-order valence-electron chi connectivity index (χ0n) is 5.49. The first-order chi connectivity index (χ1) is 2.64. The van der Waals surface area contributed by atoms with E-state index in [1.54, 1.807) is 0 Å². The smallest absolute Gasteiger partial charge is 0.543 e. The molecular formula is C2H10FeNO7+. The van der Waals surface area contributed by atoms with Crippen molar-refractivity contribution >= 4 is 11.9 Å². The molecule has 0 saturated carbocycles. The molecule has 0 rings (SSSR count). The van der Waals surface area contributed by atoms with Gasteiger partial charge in [-0.3, -0.25) is 0 Å². The molecule has 0 saturated heterocycles. The minimum atomic E-state index is -2.19. The van der Waals surface area contributed by atoms with Gasteiger partial charge in [-0.15, -0.1) is 0 Å². The molecule has 8 nitrogen and oxygen atoms in total. The van der Waals surface area contributed by atoms with Gasteiger partial charge in [0.1, 0.15) is 0 Å². The van der Waals surface area contributed by atoms with Crippen molar-refractivity contribution < 1.29 is 53.3 Å². The van der Waals surface area contributed by atoms with Crippen LogP contribution in [0.1, 0.15) is 0 Å². The fraction of sp³-hybridized carbons (Fsp3) is 0. The standard InChI is InChI=1S/C2H2O4.Fe.H3N.3H2O/c3-1(4)2(5)6;;;;;/h(H,3,4)(H,5,6);;1H3;3*1H2/q;+2;;;;/p-1. The Labute approximate surface area is 72.2 Å². The number of carboxylic acids is 2. The molecule has 0 aromatic rings. The van der Waals surface area contributed by atoms with Gasteiger partial charge in [-0.2, -0.15) is 0 Å². The summed E-state index contributed by atoms with van der Waals surface area (Å²) in [5.41, 5.74) is 0. The minimum Gasteiger partial charge on any atom is -0.543 e. The summed E-state index contributed by atoms with van der Waals surface area (Å²) in [6.45, 7) is 0. The Kier molecular flexibility index (Phi) is 99.9. The van der Waals surface area contributed by atoms with E-state index in [2.05, 4.69) is 0 Å². The second-order valence-corrected chi connectivity index (χ2v) is 0.575. The van der Waals surface area contributed by atoms with Crippen LogP contribution in [0.25, 0.3) is 0 Å². The number of carbonyl (C=O) groups excluding carboxylic acids is 2. The monoisotopic (exact) mass is 216 g/mol. The van der Waals surface area contributed by atoms with Crippen LogP contribution in [0, 0.1) is 0 Å². The SMILES string of the molecule is O.O.O.O=C([O-])C(=O)[O-].[Fe+2].[NH4+]. The number of aliphatic carboxylic acids is 2. The third-order valence-corrected chi connectivity index (χ3v) is 0.167. The van der Waals surface area contributed by atoms with Crippen molar-refractivity contribution in [2.24, 2.45) is 0 Å². The molecule has 0 amide bonds. The molecule has 0 radical (unpaired) electrons. The van der Waals surface area contributed by atoms with Crippen molar-refractivity contribution in [3.05, 3.63) is 0 Å². The molecule has 0 heterocycles. The number of rotatable bonds is 0. The summed E-state index contributed by atoms with van der Waals surface area (Å²) in [5, 5.41) is 17.9. The van der Waals surface area contributed by atoms with E-state index >= 15 is 0 Å². The predicted molar refractivity (Wildman–Crippen MR) is 26.8 cm³/mol. The molecule has 0 aromatic carbocycles. The second kappa shape index (κ2) is 22.8. The van der Waals surface area contributed by atoms with Crippen LogP contribution in [0.2, 0.25) is 0 Å². The number of carbonyl (C=O) groups is 2. The molecule has 10 N–H and O–H groups in total. The predicted octanol–water partition coefficient (Wildman–Crippen LogP) is -5.61. The van der Waals surface area contributed by atoms with E-state index in [1.165, 1.54) is 0 Å². The molecule has 0 aromatic heterocycles. The summed E-state index contributed by atoms with van der Waals surface area (Å²) in [6.07, 6.45) is 0. The average Bonchev–Trinajstić information content (AvgIpc) is 1.36. The van der Waals surface area contributed by atoms with Gasteiger partial charge in [0, 0.05) is 0 Å². The van der Waals surface area contributed by atoms with Crippen LogP contribution in [0.4, 0.5) is 0 Å². The Morgan fingerprint density at radius 3 is 0.909 bits per heavy atom. The minimum absolute atomic E-state index is 0. The van der Waals surface area contributed by atoms with Crippen LogP contribution in [0.15, 0.2) is 0 Å². The van der Waals surface area contributed by atoms with Gasteiger partial charge in [0.15, 0.2) is 0 Å². The van der Waals surface area contributed by atoms with E-state index in [9.17, 15) is 0 Å². The Morgan fingerprint density at radius 2 is 0.909 bits per heavy atom. The summed E-state index contributed by atoms with van der Waals surface area (Å²) < 4.78 is 0. The summed E-state index contributed by atoms with van der Waals surface area (Å²) >= 11 is 0. The van der Waals surface area contributed by atoms with Gasteiger partial charge >= 0.3 is 17.1 Å². The number of hydrogen-bond donors (Lipinski definition) is 1. The first-order valence-corrected chi connectivity index (χ1v) is 1.07. The van der Waals surface area contributed by atoms with E-state index in [4.69, 9.17) is 19.8 Å². The fourth-order valence-electron chi connectivity index (χ4n) is 0. The summed E-state index contributed by atoms with van der Waals surface area (Å²) in [5.74, 6) is -4.37. The fourth-order valence-corrected chi connectivity index (χ4v) is 0. The van der Waals surface area contributed by atoms with E-state index in [-0.39, 0.29) is 39.6 Å². The van der Waals surface area contributed by atoms with E-state index in [0.29, 0.717) is 0 Å². The van der Waals surface area contributed by atoms with Crippen LogP contribution in [0.3, 0.4) is 0 Å². The zero-order chi connectivity index (χ0) is 5.15. The topological polar surface area (TPSA) is 211 Å². The quantitative estimate of drug-likeness (QED) is 0.309. The summed E-state index contributed by atoms with van der Waals surface area (Å²) in [6, 6.07) is 0. The molecule has 0 spiro atoms. The normalized spacial score (nSPS) is 4.00. The third kappa shape index (κ3) is 45.5. The maximum absolute atomic E-state index is 8.93. The molecule has 9 heteroatoms. The number of quaternary nitrogens is 1. The van der Waals surface area contributed by atoms with Gasteiger partial charge in [-0.05, 0) is 0 Å². The molecule has 72 valence electrons. The van der Waals surface area contributed by atoms with Crippen LogP contribution in [0.5, 0.6) is 0 Å². The van der Waals surface area contributed by atoms with Crippen LogP contribution >= 0.6 is 0 Å². The van der Waals surface area contributed by atoms with Crippen molar-refractivity contribution in [3.8, 4) is 0 Å². The number of hydrogen-bond acceptors (Lipinski definition) is 4. The van der Waals surface area contributed by atoms with Crippen molar-refractivity contribution in [1.29, 1.82) is 0 Å². The van der Waals surface area contributed by atoms with Crippen molar-refractivity contribution in [2.45, 2.75) is 0 Å². The molecule has 0 aliphatic heterocycles. The van der Waals surface area contributed by atoms with E-state index < -0.39 is 11.9 Å². The Balaban J connectivity index is -0.0000000125. The van der Waals surface area contributed by atoms with Crippen LogP contribution in [-0.2, 0) is 26.7 Å². The Bertz CT molecular complexity index is 82.4. The third-order valence-electron chi connectivity index (χ3n) is 0.167. The molecular weight excluding hydrogens is 206 g/mol. The van der Waals surface area contributed by atoms with Crippen molar-refractivity contribution in [3.63, 3.8) is 0 Å². The van der Waals surface area contributed by atoms with Crippen LogP contribution < -0.4 is 16.4 Å². The molecule has 0 aliphatic carbocycles. The van der Waals surface area contributed by atoms with Gasteiger partial charge in [0.25, 0.3) is 0 Å². The molecule has 0 unspecified atom stereocenters. The van der Waals surface area contributed by atoms with Crippen molar-refractivity contribution in [1.82, 2.24) is 6.15 Å². The molecule has 0 atom stereocenters. The second-order valence-electron chi connectivity index (χ2n) is 0.575. The van der Waals surface area contributed by atoms with Gasteiger partial charge in [-0.1, -0.05) is 0 Å². The van der Waals surface area contributed by atoms with Gasteiger partial charge in [0.05, 0.1) is 11.9 Å². The summed E-state index contributed by atoms with van der Waals surface area (Å²) in [7, 11) is 0. The van der Waals surface area contributed by atoms with Gasteiger partial charge < -0.3 is 42.4 Å². The first kappa shape index (κ1) is 48.2. The maximum atomic E-state index is 8.93. The zero-order valence-corrected chi connectivity index (χ0v) is 6.59. The molecule has 0 fully saturated rings. The van der Waals surface area contributed by atoms with Crippen molar-refractivity contribution in [2.75, 3.05) is 0 Å². The molecule has 0 aliphatic rings. The maximum Gasteiger partial charge on any atom is 2.00 e. The molecule has 11 heavy (non-hydrogen) atoms. The molecule has 0 bridgehead atoms. The van der Waals surface area contributed by atoms with Gasteiger partial charge in [-0.25, -0.2) is 0 Å². The Morgan fingerprint density at radius 1 is 0.818 bits per heavy atom. The van der Waals surface area contributed by atoms with E-state index in [1.807, 2.05) is 0 Å².